The standard InChI is InChI=1S/C14H20BrN3O2/c1-14(2,3)17-12(19)8-18(4)13(20)10-7-9(15)5-6-11(10)16/h5-7H,8,16H2,1-4H3,(H,17,19). The zero-order chi connectivity index (χ0) is 15.5. The summed E-state index contributed by atoms with van der Waals surface area (Å²) in [6.07, 6.45) is 0. The van der Waals surface area contributed by atoms with Gasteiger partial charge in [0.1, 0.15) is 0 Å². The number of amides is 2. The molecule has 0 radical (unpaired) electrons. The highest BCUT2D eigenvalue weighted by Gasteiger charge is 2.20. The molecule has 0 fully saturated rings. The van der Waals surface area contributed by atoms with Gasteiger partial charge in [-0.25, -0.2) is 0 Å². The van der Waals surface area contributed by atoms with Gasteiger partial charge < -0.3 is 16.0 Å². The number of likely N-dealkylation sites (N-methyl/N-ethyl adjacent to an activating group) is 1. The number of nitrogens with zero attached hydrogens (tertiary/aromatic N) is 1. The van der Waals surface area contributed by atoms with Gasteiger partial charge in [0.05, 0.1) is 12.1 Å². The van der Waals surface area contributed by atoms with Crippen LogP contribution in [0, 0.1) is 0 Å². The highest BCUT2D eigenvalue weighted by atomic mass is 79.9. The third-order valence-corrected chi connectivity index (χ3v) is 2.98. The van der Waals surface area contributed by atoms with E-state index in [0.29, 0.717) is 11.3 Å². The molecule has 0 spiro atoms. The van der Waals surface area contributed by atoms with Gasteiger partial charge in [-0.05, 0) is 39.0 Å². The van der Waals surface area contributed by atoms with E-state index >= 15 is 0 Å². The Kier molecular flexibility index (Phi) is 5.16. The lowest BCUT2D eigenvalue weighted by molar-refractivity contribution is -0.122. The average Bonchev–Trinajstić information content (AvgIpc) is 2.28. The predicted molar refractivity (Wildman–Crippen MR) is 83.4 cm³/mol. The third kappa shape index (κ3) is 4.85. The molecule has 1 rings (SSSR count). The molecular formula is C14H20BrN3O2. The molecule has 20 heavy (non-hydrogen) atoms. The molecule has 0 bridgehead atoms. The number of hydrogen-bond acceptors (Lipinski definition) is 3. The summed E-state index contributed by atoms with van der Waals surface area (Å²) in [5.41, 5.74) is 6.24. The van der Waals surface area contributed by atoms with E-state index in [4.69, 9.17) is 5.73 Å². The highest BCUT2D eigenvalue weighted by Crippen LogP contribution is 2.19. The maximum Gasteiger partial charge on any atom is 0.256 e. The van der Waals surface area contributed by atoms with E-state index in [9.17, 15) is 9.59 Å². The Morgan fingerprint density at radius 3 is 2.50 bits per heavy atom. The first-order valence-electron chi connectivity index (χ1n) is 6.21. The Bertz CT molecular complexity index is 524. The average molecular weight is 342 g/mol. The van der Waals surface area contributed by atoms with Crippen LogP contribution in [0.3, 0.4) is 0 Å². The van der Waals surface area contributed by atoms with Crippen molar-refractivity contribution in [3.05, 3.63) is 28.2 Å². The van der Waals surface area contributed by atoms with E-state index in [1.165, 1.54) is 4.90 Å². The Hall–Kier alpha value is -1.56. The van der Waals surface area contributed by atoms with Crippen molar-refractivity contribution in [1.82, 2.24) is 10.2 Å². The molecule has 1 aromatic rings. The largest absolute Gasteiger partial charge is 0.398 e. The van der Waals surface area contributed by atoms with E-state index in [1.807, 2.05) is 20.8 Å². The number of halogens is 1. The van der Waals surface area contributed by atoms with Crippen molar-refractivity contribution < 1.29 is 9.59 Å². The number of carbonyl (C=O) groups excluding carboxylic acids is 2. The lowest BCUT2D eigenvalue weighted by Gasteiger charge is -2.23. The van der Waals surface area contributed by atoms with Crippen LogP contribution in [-0.2, 0) is 4.79 Å². The van der Waals surface area contributed by atoms with Crippen molar-refractivity contribution in [3.63, 3.8) is 0 Å². The van der Waals surface area contributed by atoms with E-state index in [1.54, 1.807) is 25.2 Å². The van der Waals surface area contributed by atoms with Gasteiger partial charge >= 0.3 is 0 Å². The first-order valence-corrected chi connectivity index (χ1v) is 7.01. The molecule has 0 saturated carbocycles. The van der Waals surface area contributed by atoms with Crippen molar-refractivity contribution >= 4 is 33.4 Å². The second-order valence-electron chi connectivity index (χ2n) is 5.69. The van der Waals surface area contributed by atoms with Gasteiger partial charge in [-0.3, -0.25) is 9.59 Å². The van der Waals surface area contributed by atoms with Crippen molar-refractivity contribution in [2.75, 3.05) is 19.3 Å². The van der Waals surface area contributed by atoms with Gasteiger partial charge in [0.15, 0.2) is 0 Å². The number of benzene rings is 1. The molecule has 0 atom stereocenters. The fourth-order valence-electron chi connectivity index (χ4n) is 1.66. The molecule has 2 amide bonds. The topological polar surface area (TPSA) is 75.4 Å². The van der Waals surface area contributed by atoms with Crippen LogP contribution in [0.2, 0.25) is 0 Å². The SMILES string of the molecule is CN(CC(=O)NC(C)(C)C)C(=O)c1cc(Br)ccc1N. The van der Waals surface area contributed by atoms with Crippen LogP contribution in [0.15, 0.2) is 22.7 Å². The fraction of sp³-hybridized carbons (Fsp3) is 0.429. The molecule has 0 aliphatic heterocycles. The first-order chi connectivity index (χ1) is 9.10. The number of anilines is 1. The second kappa shape index (κ2) is 6.26. The van der Waals surface area contributed by atoms with Gasteiger partial charge in [0.25, 0.3) is 5.91 Å². The molecule has 1 aromatic carbocycles. The Morgan fingerprint density at radius 2 is 1.95 bits per heavy atom. The quantitative estimate of drug-likeness (QED) is 0.826. The summed E-state index contributed by atoms with van der Waals surface area (Å²) >= 11 is 3.30. The number of carbonyl (C=O) groups is 2. The molecule has 0 aliphatic rings. The summed E-state index contributed by atoms with van der Waals surface area (Å²) < 4.78 is 0.766. The Morgan fingerprint density at radius 1 is 1.35 bits per heavy atom. The molecule has 110 valence electrons. The summed E-state index contributed by atoms with van der Waals surface area (Å²) in [7, 11) is 1.57. The summed E-state index contributed by atoms with van der Waals surface area (Å²) in [6, 6.07) is 5.06. The van der Waals surface area contributed by atoms with Gasteiger partial charge in [-0.15, -0.1) is 0 Å². The van der Waals surface area contributed by atoms with Gasteiger partial charge in [0.2, 0.25) is 5.91 Å². The van der Waals surface area contributed by atoms with E-state index in [-0.39, 0.29) is 23.9 Å². The molecule has 0 heterocycles. The molecule has 3 N–H and O–H groups in total. The molecule has 0 saturated heterocycles. The summed E-state index contributed by atoms with van der Waals surface area (Å²) in [5, 5.41) is 2.81. The van der Waals surface area contributed by atoms with Crippen LogP contribution in [0.4, 0.5) is 5.69 Å². The Labute approximate surface area is 127 Å². The lowest BCUT2D eigenvalue weighted by atomic mass is 10.1. The van der Waals surface area contributed by atoms with Crippen molar-refractivity contribution in [3.8, 4) is 0 Å². The van der Waals surface area contributed by atoms with Crippen molar-refractivity contribution in [1.29, 1.82) is 0 Å². The summed E-state index contributed by atoms with van der Waals surface area (Å²) in [6.45, 7) is 5.65. The number of nitrogen functional groups attached to an aromatic ring is 1. The van der Waals surface area contributed by atoms with Crippen molar-refractivity contribution in [2.24, 2.45) is 0 Å². The summed E-state index contributed by atoms with van der Waals surface area (Å²) in [4.78, 5) is 25.4. The molecular weight excluding hydrogens is 322 g/mol. The molecule has 0 aromatic heterocycles. The minimum absolute atomic E-state index is 0.0118. The number of rotatable bonds is 3. The van der Waals surface area contributed by atoms with Gasteiger partial charge in [-0.2, -0.15) is 0 Å². The number of hydrogen-bond donors (Lipinski definition) is 2. The van der Waals surface area contributed by atoms with Gasteiger partial charge in [0, 0.05) is 22.7 Å². The molecule has 0 aliphatic carbocycles. The molecule has 6 heteroatoms. The number of nitrogens with one attached hydrogen (secondary N) is 1. The van der Waals surface area contributed by atoms with Crippen LogP contribution in [0.1, 0.15) is 31.1 Å². The maximum atomic E-state index is 12.3. The van der Waals surface area contributed by atoms with Crippen LogP contribution >= 0.6 is 15.9 Å². The smallest absolute Gasteiger partial charge is 0.256 e. The fourth-order valence-corrected chi connectivity index (χ4v) is 2.03. The van der Waals surface area contributed by atoms with E-state index in [2.05, 4.69) is 21.2 Å². The van der Waals surface area contributed by atoms with E-state index in [0.717, 1.165) is 4.47 Å². The van der Waals surface area contributed by atoms with Crippen LogP contribution in [0.25, 0.3) is 0 Å². The highest BCUT2D eigenvalue weighted by molar-refractivity contribution is 9.10. The minimum Gasteiger partial charge on any atom is -0.398 e. The van der Waals surface area contributed by atoms with Crippen LogP contribution in [0.5, 0.6) is 0 Å². The maximum absolute atomic E-state index is 12.3. The lowest BCUT2D eigenvalue weighted by Crippen LogP contribution is -2.46. The second-order valence-corrected chi connectivity index (χ2v) is 6.61. The van der Waals surface area contributed by atoms with Crippen LogP contribution in [-0.4, -0.2) is 35.8 Å². The zero-order valence-corrected chi connectivity index (χ0v) is 13.7. The first kappa shape index (κ1) is 16.5. The van der Waals surface area contributed by atoms with Crippen molar-refractivity contribution in [2.45, 2.75) is 26.3 Å². The zero-order valence-electron chi connectivity index (χ0n) is 12.2. The minimum atomic E-state index is -0.324. The van der Waals surface area contributed by atoms with Gasteiger partial charge in [-0.1, -0.05) is 15.9 Å². The predicted octanol–water partition coefficient (Wildman–Crippen LogP) is 2.02. The normalized spacial score (nSPS) is 11.1. The third-order valence-electron chi connectivity index (χ3n) is 2.49. The van der Waals surface area contributed by atoms with E-state index < -0.39 is 0 Å². The van der Waals surface area contributed by atoms with Crippen LogP contribution < -0.4 is 11.1 Å². The monoisotopic (exact) mass is 341 g/mol. The number of nitrogens with two attached hydrogens (primary N) is 1. The Balaban J connectivity index is 2.77. The molecule has 5 nitrogen and oxygen atoms in total. The molecule has 0 unspecified atom stereocenters. The summed E-state index contributed by atoms with van der Waals surface area (Å²) in [5.74, 6) is -0.491.